The lowest BCUT2D eigenvalue weighted by Crippen LogP contribution is -2.30. The number of ether oxygens (including phenoxy) is 1. The van der Waals surface area contributed by atoms with Crippen molar-refractivity contribution in [1.82, 2.24) is 5.32 Å². The van der Waals surface area contributed by atoms with Crippen LogP contribution in [0.5, 0.6) is 0 Å². The molecule has 0 aromatic heterocycles. The molecule has 0 spiro atoms. The van der Waals surface area contributed by atoms with Gasteiger partial charge in [-0.25, -0.2) is 4.79 Å². The summed E-state index contributed by atoms with van der Waals surface area (Å²) in [6, 6.07) is 0. The Kier molecular flexibility index (Phi) is 3.73. The summed E-state index contributed by atoms with van der Waals surface area (Å²) >= 11 is 0. The van der Waals surface area contributed by atoms with Crippen LogP contribution in [0, 0.1) is 11.3 Å². The van der Waals surface area contributed by atoms with Crippen molar-refractivity contribution >= 4 is 11.9 Å². The Morgan fingerprint density at radius 1 is 1.50 bits per heavy atom. The van der Waals surface area contributed by atoms with Crippen LogP contribution in [0.3, 0.4) is 0 Å². The van der Waals surface area contributed by atoms with Crippen LogP contribution < -0.4 is 5.32 Å². The summed E-state index contributed by atoms with van der Waals surface area (Å²) in [7, 11) is 0. The summed E-state index contributed by atoms with van der Waals surface area (Å²) < 4.78 is 4.83. The second kappa shape index (κ2) is 4.68. The molecule has 0 heterocycles. The number of rotatable bonds is 4. The zero-order valence-corrected chi connectivity index (χ0v) is 10.3. The van der Waals surface area contributed by atoms with Crippen molar-refractivity contribution in [2.75, 3.05) is 6.61 Å². The summed E-state index contributed by atoms with van der Waals surface area (Å²) in [5.41, 5.74) is 0.298. The van der Waals surface area contributed by atoms with E-state index in [9.17, 15) is 9.59 Å². The van der Waals surface area contributed by atoms with Crippen molar-refractivity contribution < 1.29 is 14.3 Å². The Hall–Kier alpha value is -1.32. The number of carbonyl (C=O) groups excluding carboxylic acids is 2. The monoisotopic (exact) mass is 225 g/mol. The standard InChI is InChI=1S/C12H19NO3/c1-5-9(11(15)16-6-2)13-10(14)8-7-12(8,3)4/h5,8H,6-7H2,1-4H3,(H,13,14)/b9-5+. The molecule has 0 aromatic rings. The average molecular weight is 225 g/mol. The molecule has 1 saturated carbocycles. The van der Waals surface area contributed by atoms with Gasteiger partial charge in [0.05, 0.1) is 6.61 Å². The van der Waals surface area contributed by atoms with Crippen molar-refractivity contribution in [2.45, 2.75) is 34.1 Å². The molecule has 0 radical (unpaired) electrons. The number of carbonyl (C=O) groups is 2. The number of esters is 1. The lowest BCUT2D eigenvalue weighted by molar-refractivity contribution is -0.140. The molecule has 0 aliphatic heterocycles. The summed E-state index contributed by atoms with van der Waals surface area (Å²) in [4.78, 5) is 23.1. The maximum atomic E-state index is 11.7. The van der Waals surface area contributed by atoms with Crippen LogP contribution in [0.15, 0.2) is 11.8 Å². The van der Waals surface area contributed by atoms with Gasteiger partial charge in [-0.2, -0.15) is 0 Å². The van der Waals surface area contributed by atoms with E-state index in [4.69, 9.17) is 4.74 Å². The van der Waals surface area contributed by atoms with Gasteiger partial charge in [0.25, 0.3) is 0 Å². The molecule has 1 unspecified atom stereocenters. The Morgan fingerprint density at radius 3 is 2.44 bits per heavy atom. The molecule has 0 bridgehead atoms. The highest BCUT2D eigenvalue weighted by Crippen LogP contribution is 2.51. The van der Waals surface area contributed by atoms with Crippen LogP contribution in [0.1, 0.15) is 34.1 Å². The zero-order valence-electron chi connectivity index (χ0n) is 10.3. The molecule has 0 saturated heterocycles. The van der Waals surface area contributed by atoms with Gasteiger partial charge in [-0.05, 0) is 25.7 Å². The van der Waals surface area contributed by atoms with Gasteiger partial charge in [0, 0.05) is 5.92 Å². The number of nitrogens with one attached hydrogen (secondary N) is 1. The van der Waals surface area contributed by atoms with E-state index in [0.717, 1.165) is 6.42 Å². The minimum absolute atomic E-state index is 0.0110. The van der Waals surface area contributed by atoms with Gasteiger partial charge in [-0.3, -0.25) is 4.79 Å². The largest absolute Gasteiger partial charge is 0.461 e. The van der Waals surface area contributed by atoms with E-state index in [1.807, 2.05) is 13.8 Å². The molecule has 1 N–H and O–H groups in total. The SMILES string of the molecule is C/C=C(/NC(=O)C1CC1(C)C)C(=O)OCC. The quantitative estimate of drug-likeness (QED) is 0.584. The number of hydrogen-bond acceptors (Lipinski definition) is 3. The van der Waals surface area contributed by atoms with Crippen molar-refractivity contribution in [3.05, 3.63) is 11.8 Å². The van der Waals surface area contributed by atoms with E-state index < -0.39 is 5.97 Å². The minimum atomic E-state index is -0.475. The summed E-state index contributed by atoms with van der Waals surface area (Å²) in [6.45, 7) is 7.82. The molecule has 1 aliphatic carbocycles. The highest BCUT2D eigenvalue weighted by molar-refractivity contribution is 5.95. The second-order valence-corrected chi connectivity index (χ2v) is 4.66. The van der Waals surface area contributed by atoms with E-state index in [1.165, 1.54) is 0 Å². The molecule has 4 nitrogen and oxygen atoms in total. The molecule has 1 aliphatic rings. The fourth-order valence-corrected chi connectivity index (χ4v) is 1.58. The van der Waals surface area contributed by atoms with Gasteiger partial charge >= 0.3 is 5.97 Å². The van der Waals surface area contributed by atoms with E-state index in [-0.39, 0.29) is 22.9 Å². The van der Waals surface area contributed by atoms with Crippen LogP contribution in [-0.4, -0.2) is 18.5 Å². The van der Waals surface area contributed by atoms with Crippen LogP contribution in [0.2, 0.25) is 0 Å². The van der Waals surface area contributed by atoms with E-state index >= 15 is 0 Å². The lowest BCUT2D eigenvalue weighted by Gasteiger charge is -2.09. The Bertz CT molecular complexity index is 331. The summed E-state index contributed by atoms with van der Waals surface area (Å²) in [5, 5.41) is 2.62. The maximum absolute atomic E-state index is 11.7. The van der Waals surface area contributed by atoms with Gasteiger partial charge < -0.3 is 10.1 Å². The smallest absolute Gasteiger partial charge is 0.354 e. The van der Waals surface area contributed by atoms with Crippen LogP contribution >= 0.6 is 0 Å². The predicted molar refractivity (Wildman–Crippen MR) is 60.4 cm³/mol. The molecular formula is C12H19NO3. The van der Waals surface area contributed by atoms with Crippen molar-refractivity contribution in [3.8, 4) is 0 Å². The van der Waals surface area contributed by atoms with Gasteiger partial charge in [0.15, 0.2) is 0 Å². The van der Waals surface area contributed by atoms with Crippen LogP contribution in [0.4, 0.5) is 0 Å². The average Bonchev–Trinajstić information content (AvgIpc) is 2.84. The molecule has 1 amide bonds. The van der Waals surface area contributed by atoms with E-state index in [2.05, 4.69) is 5.32 Å². The first-order valence-corrected chi connectivity index (χ1v) is 5.56. The molecule has 16 heavy (non-hydrogen) atoms. The van der Waals surface area contributed by atoms with Gasteiger partial charge in [-0.15, -0.1) is 0 Å². The minimum Gasteiger partial charge on any atom is -0.461 e. The van der Waals surface area contributed by atoms with Gasteiger partial charge in [0.1, 0.15) is 5.70 Å². The molecule has 4 heteroatoms. The topological polar surface area (TPSA) is 55.4 Å². The third kappa shape index (κ3) is 2.84. The molecule has 90 valence electrons. The molecular weight excluding hydrogens is 206 g/mol. The first-order chi connectivity index (χ1) is 7.42. The highest BCUT2D eigenvalue weighted by atomic mass is 16.5. The van der Waals surface area contributed by atoms with Crippen molar-refractivity contribution in [2.24, 2.45) is 11.3 Å². The van der Waals surface area contributed by atoms with E-state index in [0.29, 0.717) is 6.61 Å². The first-order valence-electron chi connectivity index (χ1n) is 5.56. The normalized spacial score (nSPS) is 22.5. The number of hydrogen-bond donors (Lipinski definition) is 1. The second-order valence-electron chi connectivity index (χ2n) is 4.66. The van der Waals surface area contributed by atoms with E-state index in [1.54, 1.807) is 19.9 Å². The Labute approximate surface area is 96.0 Å². The van der Waals surface area contributed by atoms with Gasteiger partial charge in [-0.1, -0.05) is 19.9 Å². The lowest BCUT2D eigenvalue weighted by atomic mass is 10.1. The maximum Gasteiger partial charge on any atom is 0.354 e. The molecule has 1 atom stereocenters. The number of amides is 1. The fraction of sp³-hybridized carbons (Fsp3) is 0.667. The number of allylic oxidation sites excluding steroid dienone is 1. The fourth-order valence-electron chi connectivity index (χ4n) is 1.58. The Morgan fingerprint density at radius 2 is 2.06 bits per heavy atom. The summed E-state index contributed by atoms with van der Waals surface area (Å²) in [6.07, 6.45) is 2.43. The first kappa shape index (κ1) is 12.7. The third-order valence-corrected chi connectivity index (χ3v) is 2.87. The predicted octanol–water partition coefficient (Wildman–Crippen LogP) is 1.62. The third-order valence-electron chi connectivity index (χ3n) is 2.87. The van der Waals surface area contributed by atoms with Crippen LogP contribution in [-0.2, 0) is 14.3 Å². The van der Waals surface area contributed by atoms with Crippen LogP contribution in [0.25, 0.3) is 0 Å². The van der Waals surface area contributed by atoms with Gasteiger partial charge in [0.2, 0.25) is 5.91 Å². The molecule has 1 fully saturated rings. The highest BCUT2D eigenvalue weighted by Gasteiger charge is 2.50. The zero-order chi connectivity index (χ0) is 12.3. The molecule has 1 rings (SSSR count). The molecule has 0 aromatic carbocycles. The summed E-state index contributed by atoms with van der Waals surface area (Å²) in [5.74, 6) is -0.556. The Balaban J connectivity index is 2.52. The van der Waals surface area contributed by atoms with Crippen molar-refractivity contribution in [1.29, 1.82) is 0 Å². The van der Waals surface area contributed by atoms with Crippen molar-refractivity contribution in [3.63, 3.8) is 0 Å².